The van der Waals surface area contributed by atoms with Crippen molar-refractivity contribution < 1.29 is 13.2 Å². The molecule has 0 amide bonds. The molecule has 0 aliphatic heterocycles. The summed E-state index contributed by atoms with van der Waals surface area (Å²) in [5.74, 6) is -0.816. The molecule has 0 N–H and O–H groups in total. The molecule has 0 aromatic heterocycles. The van der Waals surface area contributed by atoms with Crippen molar-refractivity contribution in [1.82, 2.24) is 0 Å². The third-order valence-corrected chi connectivity index (χ3v) is 5.88. The average Bonchev–Trinajstić information content (AvgIpc) is 2.48. The van der Waals surface area contributed by atoms with Crippen molar-refractivity contribution in [3.8, 4) is 6.07 Å². The highest BCUT2D eigenvalue weighted by atomic mass is 32.2. The van der Waals surface area contributed by atoms with Crippen LogP contribution in [0, 0.1) is 11.3 Å². The molecule has 0 bridgehead atoms. The van der Waals surface area contributed by atoms with Gasteiger partial charge in [0.25, 0.3) is 0 Å². The van der Waals surface area contributed by atoms with Gasteiger partial charge in [-0.15, -0.1) is 0 Å². The summed E-state index contributed by atoms with van der Waals surface area (Å²) in [6, 6.07) is 8.04. The molecular weight excluding hydrogens is 274 g/mol. The minimum atomic E-state index is -3.36. The molecule has 1 aliphatic rings. The number of benzene rings is 1. The first-order valence-corrected chi connectivity index (χ1v) is 8.49. The van der Waals surface area contributed by atoms with E-state index in [4.69, 9.17) is 5.26 Å². The second-order valence-electron chi connectivity index (χ2n) is 5.18. The Balaban J connectivity index is 2.08. The molecule has 0 spiro atoms. The van der Waals surface area contributed by atoms with Crippen LogP contribution in [0.1, 0.15) is 48.0 Å². The third kappa shape index (κ3) is 3.45. The monoisotopic (exact) mass is 291 g/mol. The van der Waals surface area contributed by atoms with Gasteiger partial charge >= 0.3 is 0 Å². The zero-order chi connectivity index (χ0) is 14.6. The maximum absolute atomic E-state index is 12.2. The number of hydrogen-bond acceptors (Lipinski definition) is 4. The molecule has 106 valence electrons. The normalized spacial score (nSPS) is 16.6. The SMILES string of the molecule is N#Cc1ccc(C(=O)CS(=O)(=O)C2CCCCC2)cc1. The zero-order valence-corrected chi connectivity index (χ0v) is 12.0. The zero-order valence-electron chi connectivity index (χ0n) is 11.2. The first-order valence-electron chi connectivity index (χ1n) is 6.78. The first kappa shape index (κ1) is 14.7. The summed E-state index contributed by atoms with van der Waals surface area (Å²) in [4.78, 5) is 12.0. The molecule has 1 aromatic rings. The van der Waals surface area contributed by atoms with Crippen molar-refractivity contribution in [2.75, 3.05) is 5.75 Å². The predicted molar refractivity (Wildman–Crippen MR) is 76.1 cm³/mol. The molecule has 2 rings (SSSR count). The fourth-order valence-electron chi connectivity index (χ4n) is 2.54. The average molecular weight is 291 g/mol. The lowest BCUT2D eigenvalue weighted by Crippen LogP contribution is -2.29. The molecule has 0 saturated heterocycles. The van der Waals surface area contributed by atoms with Crippen LogP contribution in [0.2, 0.25) is 0 Å². The molecule has 1 aliphatic carbocycles. The molecule has 1 aromatic carbocycles. The van der Waals surface area contributed by atoms with E-state index in [2.05, 4.69) is 0 Å². The topological polar surface area (TPSA) is 75.0 Å². The molecule has 0 unspecified atom stereocenters. The fraction of sp³-hybridized carbons (Fsp3) is 0.467. The lowest BCUT2D eigenvalue weighted by molar-refractivity contribution is 0.102. The number of sulfone groups is 1. The summed E-state index contributed by atoms with van der Waals surface area (Å²) < 4.78 is 24.4. The van der Waals surface area contributed by atoms with E-state index in [1.165, 1.54) is 24.3 Å². The van der Waals surface area contributed by atoms with E-state index in [0.717, 1.165) is 19.3 Å². The number of ketones is 1. The Morgan fingerprint density at radius 3 is 2.30 bits per heavy atom. The highest BCUT2D eigenvalue weighted by molar-refractivity contribution is 7.92. The Morgan fingerprint density at radius 2 is 1.75 bits per heavy atom. The number of hydrogen-bond donors (Lipinski definition) is 0. The Labute approximate surface area is 119 Å². The van der Waals surface area contributed by atoms with Gasteiger partial charge in [-0.1, -0.05) is 31.4 Å². The molecule has 0 atom stereocenters. The van der Waals surface area contributed by atoms with E-state index in [1.807, 2.05) is 6.07 Å². The second-order valence-corrected chi connectivity index (χ2v) is 7.46. The van der Waals surface area contributed by atoms with Gasteiger partial charge in [0.15, 0.2) is 15.6 Å². The van der Waals surface area contributed by atoms with Gasteiger partial charge in [-0.2, -0.15) is 5.26 Å². The molecule has 0 heterocycles. The van der Waals surface area contributed by atoms with Crippen molar-refractivity contribution in [3.63, 3.8) is 0 Å². The van der Waals surface area contributed by atoms with Gasteiger partial charge < -0.3 is 0 Å². The van der Waals surface area contributed by atoms with Gasteiger partial charge in [0.1, 0.15) is 5.75 Å². The van der Waals surface area contributed by atoms with Crippen molar-refractivity contribution >= 4 is 15.6 Å². The van der Waals surface area contributed by atoms with E-state index in [1.54, 1.807) is 0 Å². The summed E-state index contributed by atoms with van der Waals surface area (Å²) in [7, 11) is -3.36. The van der Waals surface area contributed by atoms with Crippen LogP contribution in [-0.4, -0.2) is 25.2 Å². The van der Waals surface area contributed by atoms with E-state index >= 15 is 0 Å². The molecular formula is C15H17NO3S. The second kappa shape index (κ2) is 6.19. The summed E-state index contributed by atoms with van der Waals surface area (Å²) in [5, 5.41) is 8.33. The molecule has 1 saturated carbocycles. The maximum Gasteiger partial charge on any atom is 0.177 e. The van der Waals surface area contributed by atoms with Gasteiger partial charge in [0.2, 0.25) is 0 Å². The molecule has 1 fully saturated rings. The van der Waals surface area contributed by atoms with E-state index < -0.39 is 15.6 Å². The van der Waals surface area contributed by atoms with E-state index in [-0.39, 0.29) is 11.0 Å². The van der Waals surface area contributed by atoms with Gasteiger partial charge in [-0.25, -0.2) is 8.42 Å². The summed E-state index contributed by atoms with van der Waals surface area (Å²) in [6.07, 6.45) is 4.27. The maximum atomic E-state index is 12.2. The van der Waals surface area contributed by atoms with E-state index in [0.29, 0.717) is 24.0 Å². The van der Waals surface area contributed by atoms with Crippen molar-refractivity contribution in [2.24, 2.45) is 0 Å². The van der Waals surface area contributed by atoms with Crippen LogP contribution in [0.25, 0.3) is 0 Å². The van der Waals surface area contributed by atoms with Crippen LogP contribution in [-0.2, 0) is 9.84 Å². The molecule has 20 heavy (non-hydrogen) atoms. The molecule has 4 nitrogen and oxygen atoms in total. The van der Waals surface area contributed by atoms with Gasteiger partial charge in [0.05, 0.1) is 16.9 Å². The lowest BCUT2D eigenvalue weighted by atomic mass is 10.0. The van der Waals surface area contributed by atoms with Gasteiger partial charge in [0, 0.05) is 5.56 Å². The van der Waals surface area contributed by atoms with Crippen LogP contribution in [0.4, 0.5) is 0 Å². The lowest BCUT2D eigenvalue weighted by Gasteiger charge is -2.21. The summed E-state index contributed by atoms with van der Waals surface area (Å²) >= 11 is 0. The first-order chi connectivity index (χ1) is 9.53. The van der Waals surface area contributed by atoms with Gasteiger partial charge in [-0.05, 0) is 25.0 Å². The Kier molecular flexibility index (Phi) is 4.56. The minimum Gasteiger partial charge on any atom is -0.293 e. The smallest absolute Gasteiger partial charge is 0.177 e. The standard InChI is InChI=1S/C15H17NO3S/c16-10-12-6-8-13(9-7-12)15(17)11-20(18,19)14-4-2-1-3-5-14/h6-9,14H,1-5,11H2. The van der Waals surface area contributed by atoms with Crippen LogP contribution in [0.15, 0.2) is 24.3 Å². The number of Topliss-reactive ketones (excluding diaryl/α,β-unsaturated/α-hetero) is 1. The van der Waals surface area contributed by atoms with Gasteiger partial charge in [-0.3, -0.25) is 4.79 Å². The van der Waals surface area contributed by atoms with Crippen molar-refractivity contribution in [1.29, 1.82) is 5.26 Å². The number of nitriles is 1. The Bertz CT molecular complexity index is 620. The van der Waals surface area contributed by atoms with E-state index in [9.17, 15) is 13.2 Å². The number of rotatable bonds is 4. The fourth-order valence-corrected chi connectivity index (χ4v) is 4.36. The van der Waals surface area contributed by atoms with Crippen LogP contribution in [0.5, 0.6) is 0 Å². The minimum absolute atomic E-state index is 0.350. The van der Waals surface area contributed by atoms with Crippen molar-refractivity contribution in [2.45, 2.75) is 37.4 Å². The number of nitrogens with zero attached hydrogens (tertiary/aromatic N) is 1. The molecule has 0 radical (unpaired) electrons. The van der Waals surface area contributed by atoms with Crippen LogP contribution >= 0.6 is 0 Å². The van der Waals surface area contributed by atoms with Crippen LogP contribution in [0.3, 0.4) is 0 Å². The highest BCUT2D eigenvalue weighted by Gasteiger charge is 2.29. The Morgan fingerprint density at radius 1 is 1.15 bits per heavy atom. The third-order valence-electron chi connectivity index (χ3n) is 3.73. The summed E-state index contributed by atoms with van der Waals surface area (Å²) in [5.41, 5.74) is 0.806. The Hall–Kier alpha value is -1.67. The quantitative estimate of drug-likeness (QED) is 0.799. The number of carbonyl (C=O) groups is 1. The largest absolute Gasteiger partial charge is 0.293 e. The molecule has 5 heteroatoms. The predicted octanol–water partition coefficient (Wildman–Crippen LogP) is 2.49. The highest BCUT2D eigenvalue weighted by Crippen LogP contribution is 2.24. The van der Waals surface area contributed by atoms with Crippen molar-refractivity contribution in [3.05, 3.63) is 35.4 Å². The number of carbonyl (C=O) groups excluding carboxylic acids is 1. The summed E-state index contributed by atoms with van der Waals surface area (Å²) in [6.45, 7) is 0. The van der Waals surface area contributed by atoms with Crippen LogP contribution < -0.4 is 0 Å².